The molecule has 1 aromatic heterocycles. The summed E-state index contributed by atoms with van der Waals surface area (Å²) >= 11 is 0. The van der Waals surface area contributed by atoms with Crippen LogP contribution >= 0.6 is 24.0 Å². The lowest BCUT2D eigenvalue weighted by molar-refractivity contribution is 0.166. The van der Waals surface area contributed by atoms with Crippen molar-refractivity contribution in [2.75, 3.05) is 52.4 Å². The van der Waals surface area contributed by atoms with Crippen molar-refractivity contribution in [3.05, 3.63) is 17.3 Å². The van der Waals surface area contributed by atoms with Crippen LogP contribution < -0.4 is 10.6 Å². The van der Waals surface area contributed by atoms with Crippen LogP contribution in [0.3, 0.4) is 0 Å². The number of nitrogens with one attached hydrogen (secondary N) is 2. The molecule has 30 heavy (non-hydrogen) atoms. The van der Waals surface area contributed by atoms with Crippen molar-refractivity contribution in [3.8, 4) is 0 Å². The minimum atomic E-state index is 0. The smallest absolute Gasteiger partial charge is 0.208 e. The number of likely N-dealkylation sites (tertiary alicyclic amines) is 2. The number of oxazole rings is 1. The zero-order valence-corrected chi connectivity index (χ0v) is 21.4. The Kier molecular flexibility index (Phi) is 11.4. The molecule has 0 aromatic carbocycles. The predicted molar refractivity (Wildman–Crippen MR) is 134 cm³/mol. The second kappa shape index (κ2) is 13.5. The SMILES string of the molecule is CCNC(=NCC1CCN(Cc2nc(C)c(C)o2)CC1)NCCN1CCCCC1.I. The van der Waals surface area contributed by atoms with Gasteiger partial charge in [0.1, 0.15) is 5.76 Å². The fourth-order valence-corrected chi connectivity index (χ4v) is 4.20. The highest BCUT2D eigenvalue weighted by atomic mass is 127. The summed E-state index contributed by atoms with van der Waals surface area (Å²) in [7, 11) is 0. The zero-order chi connectivity index (χ0) is 20.5. The predicted octanol–water partition coefficient (Wildman–Crippen LogP) is 3.16. The molecule has 3 heterocycles. The normalized spacial score (nSPS) is 19.5. The number of rotatable bonds is 8. The summed E-state index contributed by atoms with van der Waals surface area (Å²) in [4.78, 5) is 14.4. The Bertz CT molecular complexity index is 616. The van der Waals surface area contributed by atoms with Crippen LogP contribution in [0.1, 0.15) is 56.4 Å². The largest absolute Gasteiger partial charge is 0.444 e. The molecular weight excluding hydrogens is 491 g/mol. The minimum Gasteiger partial charge on any atom is -0.444 e. The van der Waals surface area contributed by atoms with Gasteiger partial charge in [0.25, 0.3) is 0 Å². The summed E-state index contributed by atoms with van der Waals surface area (Å²) in [5.41, 5.74) is 1.01. The summed E-state index contributed by atoms with van der Waals surface area (Å²) in [6.45, 7) is 15.5. The Labute approximate surface area is 199 Å². The third-order valence-electron chi connectivity index (χ3n) is 6.16. The van der Waals surface area contributed by atoms with Crippen molar-refractivity contribution in [1.29, 1.82) is 0 Å². The molecule has 0 aliphatic carbocycles. The Morgan fingerprint density at radius 1 is 1.07 bits per heavy atom. The van der Waals surface area contributed by atoms with Crippen molar-refractivity contribution in [3.63, 3.8) is 0 Å². The van der Waals surface area contributed by atoms with Crippen molar-refractivity contribution >= 4 is 29.9 Å². The monoisotopic (exact) mass is 532 g/mol. The van der Waals surface area contributed by atoms with E-state index in [1.54, 1.807) is 0 Å². The fourth-order valence-electron chi connectivity index (χ4n) is 4.20. The number of piperidine rings is 2. The Hall–Kier alpha value is -0.870. The maximum atomic E-state index is 5.74. The molecule has 0 radical (unpaired) electrons. The molecule has 0 unspecified atom stereocenters. The van der Waals surface area contributed by atoms with E-state index in [1.165, 1.54) is 45.2 Å². The number of aliphatic imine (C=N–C) groups is 1. The van der Waals surface area contributed by atoms with E-state index in [4.69, 9.17) is 9.41 Å². The van der Waals surface area contributed by atoms with Crippen LogP contribution in [0.5, 0.6) is 0 Å². The molecule has 2 aliphatic rings. The molecule has 2 fully saturated rings. The van der Waals surface area contributed by atoms with E-state index < -0.39 is 0 Å². The van der Waals surface area contributed by atoms with Gasteiger partial charge in [-0.1, -0.05) is 6.42 Å². The van der Waals surface area contributed by atoms with Crippen LogP contribution in [0.25, 0.3) is 0 Å². The van der Waals surface area contributed by atoms with Crippen molar-refractivity contribution < 1.29 is 4.42 Å². The Balaban J connectivity index is 0.00000320. The summed E-state index contributed by atoms with van der Waals surface area (Å²) in [5.74, 6) is 3.42. The van der Waals surface area contributed by atoms with Gasteiger partial charge in [0.05, 0.1) is 12.2 Å². The minimum absolute atomic E-state index is 0. The average molecular weight is 533 g/mol. The highest BCUT2D eigenvalue weighted by Gasteiger charge is 2.21. The van der Waals surface area contributed by atoms with Gasteiger partial charge in [-0.25, -0.2) is 4.98 Å². The van der Waals surface area contributed by atoms with E-state index in [2.05, 4.69) is 32.3 Å². The summed E-state index contributed by atoms with van der Waals surface area (Å²) in [6, 6.07) is 0. The van der Waals surface area contributed by atoms with E-state index in [0.717, 1.165) is 69.1 Å². The average Bonchev–Trinajstić information content (AvgIpc) is 3.05. The van der Waals surface area contributed by atoms with Crippen LogP contribution in [-0.2, 0) is 6.54 Å². The van der Waals surface area contributed by atoms with E-state index in [1.807, 2.05) is 13.8 Å². The molecule has 0 bridgehead atoms. The molecule has 0 atom stereocenters. The number of hydrogen-bond donors (Lipinski definition) is 2. The van der Waals surface area contributed by atoms with Gasteiger partial charge in [-0.15, -0.1) is 24.0 Å². The first-order chi connectivity index (χ1) is 14.1. The fraction of sp³-hybridized carbons (Fsp3) is 0.818. The van der Waals surface area contributed by atoms with Crippen LogP contribution in [-0.4, -0.2) is 73.1 Å². The van der Waals surface area contributed by atoms with E-state index >= 15 is 0 Å². The van der Waals surface area contributed by atoms with Crippen molar-refractivity contribution in [2.24, 2.45) is 10.9 Å². The molecule has 7 nitrogen and oxygen atoms in total. The molecule has 0 saturated carbocycles. The topological polar surface area (TPSA) is 68.9 Å². The third kappa shape index (κ3) is 8.34. The summed E-state index contributed by atoms with van der Waals surface area (Å²) in [5, 5.41) is 6.92. The highest BCUT2D eigenvalue weighted by molar-refractivity contribution is 14.0. The van der Waals surface area contributed by atoms with Gasteiger partial charge in [-0.05, 0) is 78.6 Å². The number of aromatic nitrogens is 1. The maximum Gasteiger partial charge on any atom is 0.208 e. The Morgan fingerprint density at radius 3 is 2.43 bits per heavy atom. The van der Waals surface area contributed by atoms with Gasteiger partial charge in [0.15, 0.2) is 5.96 Å². The van der Waals surface area contributed by atoms with Gasteiger partial charge in [-0.3, -0.25) is 9.89 Å². The van der Waals surface area contributed by atoms with Crippen LogP contribution in [0, 0.1) is 19.8 Å². The molecule has 0 amide bonds. The lowest BCUT2D eigenvalue weighted by Gasteiger charge is -2.30. The van der Waals surface area contributed by atoms with Gasteiger partial charge >= 0.3 is 0 Å². The first kappa shape index (κ1) is 25.4. The van der Waals surface area contributed by atoms with Gasteiger partial charge in [-0.2, -0.15) is 0 Å². The molecule has 3 rings (SSSR count). The number of halogens is 1. The molecule has 0 spiro atoms. The van der Waals surface area contributed by atoms with Crippen LogP contribution in [0.2, 0.25) is 0 Å². The van der Waals surface area contributed by atoms with Gasteiger partial charge in [0.2, 0.25) is 5.89 Å². The standard InChI is InChI=1S/C22H40N6O.HI/c1-4-23-22(24-10-15-27-11-6-5-7-12-27)25-16-20-8-13-28(14-9-20)17-21-26-18(2)19(3)29-21;/h20H,4-17H2,1-3H3,(H2,23,24,25);1H. The number of aryl methyl sites for hydroxylation is 2. The first-order valence-electron chi connectivity index (χ1n) is 11.5. The summed E-state index contributed by atoms with van der Waals surface area (Å²) < 4.78 is 5.74. The quantitative estimate of drug-likeness (QED) is 0.305. The molecular formula is C22H41IN6O. The van der Waals surface area contributed by atoms with Crippen LogP contribution in [0.15, 0.2) is 9.41 Å². The van der Waals surface area contributed by atoms with E-state index in [0.29, 0.717) is 5.92 Å². The lowest BCUT2D eigenvalue weighted by Crippen LogP contribution is -2.43. The third-order valence-corrected chi connectivity index (χ3v) is 6.16. The molecule has 172 valence electrons. The Morgan fingerprint density at radius 2 is 1.80 bits per heavy atom. The first-order valence-corrected chi connectivity index (χ1v) is 11.5. The molecule has 8 heteroatoms. The van der Waals surface area contributed by atoms with Crippen LogP contribution in [0.4, 0.5) is 0 Å². The zero-order valence-electron chi connectivity index (χ0n) is 19.1. The molecule has 2 saturated heterocycles. The van der Waals surface area contributed by atoms with Gasteiger partial charge < -0.3 is 20.0 Å². The van der Waals surface area contributed by atoms with Crippen molar-refractivity contribution in [1.82, 2.24) is 25.4 Å². The lowest BCUT2D eigenvalue weighted by atomic mass is 9.97. The molecule has 2 N–H and O–H groups in total. The number of nitrogens with zero attached hydrogens (tertiary/aromatic N) is 4. The second-order valence-electron chi connectivity index (χ2n) is 8.52. The van der Waals surface area contributed by atoms with Gasteiger partial charge in [0, 0.05) is 26.2 Å². The molecule has 2 aliphatic heterocycles. The number of guanidine groups is 1. The summed E-state index contributed by atoms with van der Waals surface area (Å²) in [6.07, 6.45) is 6.47. The highest BCUT2D eigenvalue weighted by Crippen LogP contribution is 2.20. The maximum absolute atomic E-state index is 5.74. The van der Waals surface area contributed by atoms with E-state index in [9.17, 15) is 0 Å². The number of hydrogen-bond acceptors (Lipinski definition) is 5. The second-order valence-corrected chi connectivity index (χ2v) is 8.52. The van der Waals surface area contributed by atoms with Crippen molar-refractivity contribution in [2.45, 2.75) is 59.4 Å². The molecule has 1 aromatic rings. The van der Waals surface area contributed by atoms with E-state index in [-0.39, 0.29) is 24.0 Å².